The minimum absolute atomic E-state index is 0.148. The lowest BCUT2D eigenvalue weighted by atomic mass is 10.2. The minimum atomic E-state index is -3.78. The van der Waals surface area contributed by atoms with Crippen LogP contribution in [-0.2, 0) is 26.2 Å². The van der Waals surface area contributed by atoms with Gasteiger partial charge in [0.1, 0.15) is 0 Å². The number of ether oxygens (including phenoxy) is 2. The van der Waals surface area contributed by atoms with Crippen LogP contribution in [0.1, 0.15) is 11.1 Å². The van der Waals surface area contributed by atoms with Crippen molar-refractivity contribution in [2.45, 2.75) is 29.7 Å². The quantitative estimate of drug-likeness (QED) is 0.777. The minimum Gasteiger partial charge on any atom is -0.454 e. The summed E-state index contributed by atoms with van der Waals surface area (Å²) < 4.78 is 61.2. The van der Waals surface area contributed by atoms with Gasteiger partial charge in [-0.05, 0) is 36.8 Å². The first-order chi connectivity index (χ1) is 13.2. The van der Waals surface area contributed by atoms with E-state index in [0.29, 0.717) is 18.0 Å². The largest absolute Gasteiger partial charge is 0.454 e. The van der Waals surface area contributed by atoms with E-state index in [-0.39, 0.29) is 23.2 Å². The lowest BCUT2D eigenvalue weighted by molar-refractivity contribution is 0.174. The summed E-state index contributed by atoms with van der Waals surface area (Å²) in [5.41, 5.74) is 1.80. The number of aryl methyl sites for hydroxylation is 1. The van der Waals surface area contributed by atoms with Crippen LogP contribution >= 0.6 is 0 Å². The number of rotatable bonds is 5. The fourth-order valence-corrected chi connectivity index (χ4v) is 8.23. The summed E-state index contributed by atoms with van der Waals surface area (Å²) in [6.07, 6.45) is 0. The van der Waals surface area contributed by atoms with E-state index in [0.717, 1.165) is 11.1 Å². The maximum absolute atomic E-state index is 13.1. The van der Waals surface area contributed by atoms with E-state index in [4.69, 9.17) is 9.47 Å². The molecule has 150 valence electrons. The van der Waals surface area contributed by atoms with Gasteiger partial charge in [0, 0.05) is 12.6 Å². The Morgan fingerprint density at radius 3 is 2.50 bits per heavy atom. The number of hydrogen-bond acceptors (Lipinski definition) is 7. The van der Waals surface area contributed by atoms with Crippen LogP contribution in [0, 0.1) is 6.92 Å². The van der Waals surface area contributed by atoms with Crippen molar-refractivity contribution in [3.05, 3.63) is 53.6 Å². The SMILES string of the molecule is Cc1ccc(S(=O)(=O)C2CS(=O)(=O)CC2NCc2ccc3c(c2)OCO3)cc1. The number of fused-ring (bicyclic) bond motifs is 1. The van der Waals surface area contributed by atoms with Crippen molar-refractivity contribution in [1.82, 2.24) is 5.32 Å². The number of nitrogens with one attached hydrogen (secondary N) is 1. The van der Waals surface area contributed by atoms with Gasteiger partial charge in [0.2, 0.25) is 6.79 Å². The topological polar surface area (TPSA) is 98.8 Å². The Kier molecular flexibility index (Phi) is 4.84. The number of sulfone groups is 2. The Labute approximate surface area is 164 Å². The molecule has 7 nitrogen and oxygen atoms in total. The molecule has 0 amide bonds. The molecule has 0 spiro atoms. The molecule has 1 saturated heterocycles. The Hall–Kier alpha value is -2.10. The summed E-state index contributed by atoms with van der Waals surface area (Å²) in [6, 6.07) is 11.2. The van der Waals surface area contributed by atoms with E-state index in [1.54, 1.807) is 18.2 Å². The Morgan fingerprint density at radius 2 is 1.75 bits per heavy atom. The highest BCUT2D eigenvalue weighted by atomic mass is 32.2. The molecule has 28 heavy (non-hydrogen) atoms. The van der Waals surface area contributed by atoms with Crippen LogP contribution in [0.4, 0.5) is 0 Å². The van der Waals surface area contributed by atoms with Gasteiger partial charge in [-0.25, -0.2) is 16.8 Å². The van der Waals surface area contributed by atoms with Crippen molar-refractivity contribution in [2.75, 3.05) is 18.3 Å². The zero-order chi connectivity index (χ0) is 19.9. The first kappa shape index (κ1) is 19.2. The summed E-state index contributed by atoms with van der Waals surface area (Å²) in [7, 11) is -7.22. The second kappa shape index (κ2) is 7.06. The van der Waals surface area contributed by atoms with Gasteiger partial charge in [0.25, 0.3) is 0 Å². The standard InChI is InChI=1S/C19H21NO6S2/c1-13-2-5-15(6-3-13)28(23,24)19-11-27(21,22)10-16(19)20-9-14-4-7-17-18(8-14)26-12-25-17/h2-8,16,19-20H,9-12H2,1H3. The van der Waals surface area contributed by atoms with E-state index >= 15 is 0 Å². The van der Waals surface area contributed by atoms with Crippen LogP contribution in [0.3, 0.4) is 0 Å². The molecule has 4 rings (SSSR count). The van der Waals surface area contributed by atoms with E-state index in [2.05, 4.69) is 5.32 Å². The van der Waals surface area contributed by atoms with Crippen molar-refractivity contribution in [1.29, 1.82) is 0 Å². The normalized spacial score (nSPS) is 23.0. The fourth-order valence-electron chi connectivity index (χ4n) is 3.51. The van der Waals surface area contributed by atoms with Gasteiger partial charge in [-0.15, -0.1) is 0 Å². The zero-order valence-corrected chi connectivity index (χ0v) is 16.9. The molecule has 0 aliphatic carbocycles. The lowest BCUT2D eigenvalue weighted by Crippen LogP contribution is -2.43. The zero-order valence-electron chi connectivity index (χ0n) is 15.3. The molecule has 1 N–H and O–H groups in total. The molecule has 9 heteroatoms. The summed E-state index contributed by atoms with van der Waals surface area (Å²) in [5.74, 6) is 0.712. The third kappa shape index (κ3) is 3.74. The summed E-state index contributed by atoms with van der Waals surface area (Å²) in [5, 5.41) is 2.11. The molecule has 2 aromatic rings. The molecule has 0 saturated carbocycles. The smallest absolute Gasteiger partial charge is 0.231 e. The summed E-state index contributed by atoms with van der Waals surface area (Å²) >= 11 is 0. The van der Waals surface area contributed by atoms with Crippen molar-refractivity contribution in [2.24, 2.45) is 0 Å². The molecule has 0 bridgehead atoms. The predicted octanol–water partition coefficient (Wildman–Crippen LogP) is 1.45. The predicted molar refractivity (Wildman–Crippen MR) is 104 cm³/mol. The average molecular weight is 424 g/mol. The Balaban J connectivity index is 1.55. The molecule has 0 radical (unpaired) electrons. The molecule has 0 aromatic heterocycles. The van der Waals surface area contributed by atoms with Crippen LogP contribution in [0.5, 0.6) is 11.5 Å². The molecule has 2 atom stereocenters. The first-order valence-electron chi connectivity index (χ1n) is 8.87. The van der Waals surface area contributed by atoms with Gasteiger partial charge in [-0.1, -0.05) is 23.8 Å². The van der Waals surface area contributed by atoms with Crippen molar-refractivity contribution in [3.8, 4) is 11.5 Å². The highest BCUT2D eigenvalue weighted by Gasteiger charge is 2.45. The second-order valence-corrected chi connectivity index (χ2v) is 11.5. The van der Waals surface area contributed by atoms with Gasteiger partial charge in [0.05, 0.1) is 21.7 Å². The highest BCUT2D eigenvalue weighted by molar-refractivity contribution is 7.96. The Morgan fingerprint density at radius 1 is 1.04 bits per heavy atom. The maximum Gasteiger partial charge on any atom is 0.231 e. The third-order valence-electron chi connectivity index (χ3n) is 5.05. The van der Waals surface area contributed by atoms with Gasteiger partial charge in [-0.2, -0.15) is 0 Å². The van der Waals surface area contributed by atoms with Crippen molar-refractivity contribution >= 4 is 19.7 Å². The number of benzene rings is 2. The van der Waals surface area contributed by atoms with E-state index in [1.165, 1.54) is 12.1 Å². The van der Waals surface area contributed by atoms with Gasteiger partial charge in [0.15, 0.2) is 31.2 Å². The van der Waals surface area contributed by atoms with Crippen LogP contribution in [0.25, 0.3) is 0 Å². The number of hydrogen-bond donors (Lipinski definition) is 1. The molecule has 2 aliphatic rings. The molecule has 2 aliphatic heterocycles. The molecule has 2 unspecified atom stereocenters. The molecule has 2 heterocycles. The van der Waals surface area contributed by atoms with Crippen LogP contribution in [0.2, 0.25) is 0 Å². The summed E-state index contributed by atoms with van der Waals surface area (Å²) in [4.78, 5) is 0.148. The van der Waals surface area contributed by atoms with Crippen LogP contribution < -0.4 is 14.8 Å². The van der Waals surface area contributed by atoms with E-state index < -0.39 is 31.0 Å². The maximum atomic E-state index is 13.1. The highest BCUT2D eigenvalue weighted by Crippen LogP contribution is 2.33. The Bertz CT molecular complexity index is 1090. The molecular weight excluding hydrogens is 402 g/mol. The molecule has 2 aromatic carbocycles. The fraction of sp³-hybridized carbons (Fsp3) is 0.368. The van der Waals surface area contributed by atoms with E-state index in [9.17, 15) is 16.8 Å². The monoisotopic (exact) mass is 423 g/mol. The van der Waals surface area contributed by atoms with Gasteiger partial charge < -0.3 is 14.8 Å². The first-order valence-corrected chi connectivity index (χ1v) is 12.2. The van der Waals surface area contributed by atoms with Crippen LogP contribution in [0.15, 0.2) is 47.4 Å². The molecule has 1 fully saturated rings. The lowest BCUT2D eigenvalue weighted by Gasteiger charge is -2.20. The average Bonchev–Trinajstić information content (AvgIpc) is 3.23. The van der Waals surface area contributed by atoms with Crippen LogP contribution in [-0.4, -0.2) is 46.4 Å². The van der Waals surface area contributed by atoms with Crippen molar-refractivity contribution in [3.63, 3.8) is 0 Å². The second-order valence-electron chi connectivity index (χ2n) is 7.15. The van der Waals surface area contributed by atoms with Crippen molar-refractivity contribution < 1.29 is 26.3 Å². The van der Waals surface area contributed by atoms with E-state index in [1.807, 2.05) is 19.1 Å². The summed E-state index contributed by atoms with van der Waals surface area (Å²) in [6.45, 7) is 2.37. The molecular formula is C19H21NO6S2. The van der Waals surface area contributed by atoms with Gasteiger partial charge in [-0.3, -0.25) is 0 Å². The van der Waals surface area contributed by atoms with Gasteiger partial charge >= 0.3 is 0 Å². The third-order valence-corrected chi connectivity index (χ3v) is 9.22.